The SMILES string of the molecule is BrC1=CCOC(C2CCCCC2)=C1. The van der Waals surface area contributed by atoms with E-state index in [1.807, 2.05) is 0 Å². The lowest BCUT2D eigenvalue weighted by molar-refractivity contribution is 0.181. The van der Waals surface area contributed by atoms with Crippen molar-refractivity contribution in [3.63, 3.8) is 0 Å². The number of halogens is 1. The molecule has 2 aliphatic rings. The smallest absolute Gasteiger partial charge is 0.107 e. The van der Waals surface area contributed by atoms with Gasteiger partial charge in [0.05, 0.1) is 0 Å². The average molecular weight is 243 g/mol. The van der Waals surface area contributed by atoms with E-state index in [4.69, 9.17) is 4.74 Å². The number of hydrogen-bond donors (Lipinski definition) is 0. The molecule has 0 aromatic heterocycles. The maximum absolute atomic E-state index is 5.64. The van der Waals surface area contributed by atoms with E-state index in [0.29, 0.717) is 5.92 Å². The molecule has 0 saturated heterocycles. The van der Waals surface area contributed by atoms with Crippen molar-refractivity contribution in [3.05, 3.63) is 22.4 Å². The fourth-order valence-corrected chi connectivity index (χ4v) is 2.43. The van der Waals surface area contributed by atoms with Crippen LogP contribution < -0.4 is 0 Å². The van der Waals surface area contributed by atoms with Crippen molar-refractivity contribution in [2.45, 2.75) is 32.1 Å². The summed E-state index contributed by atoms with van der Waals surface area (Å²) >= 11 is 3.50. The van der Waals surface area contributed by atoms with Crippen LogP contribution in [0.4, 0.5) is 0 Å². The average Bonchev–Trinajstić information content (AvgIpc) is 2.19. The van der Waals surface area contributed by atoms with E-state index in [2.05, 4.69) is 28.1 Å². The molecular weight excluding hydrogens is 228 g/mol. The van der Waals surface area contributed by atoms with Crippen LogP contribution in [0.2, 0.25) is 0 Å². The largest absolute Gasteiger partial charge is 0.493 e. The van der Waals surface area contributed by atoms with Crippen molar-refractivity contribution in [1.29, 1.82) is 0 Å². The summed E-state index contributed by atoms with van der Waals surface area (Å²) in [5.74, 6) is 1.89. The van der Waals surface area contributed by atoms with E-state index >= 15 is 0 Å². The van der Waals surface area contributed by atoms with Gasteiger partial charge < -0.3 is 4.74 Å². The van der Waals surface area contributed by atoms with Crippen molar-refractivity contribution in [1.82, 2.24) is 0 Å². The first-order valence-electron chi connectivity index (χ1n) is 5.06. The Labute approximate surface area is 88.0 Å². The van der Waals surface area contributed by atoms with Crippen LogP contribution in [0.3, 0.4) is 0 Å². The topological polar surface area (TPSA) is 9.23 Å². The van der Waals surface area contributed by atoms with Crippen LogP contribution in [-0.4, -0.2) is 6.61 Å². The van der Waals surface area contributed by atoms with Gasteiger partial charge in [-0.1, -0.05) is 35.2 Å². The summed E-state index contributed by atoms with van der Waals surface area (Å²) in [4.78, 5) is 0. The van der Waals surface area contributed by atoms with E-state index in [1.54, 1.807) is 0 Å². The van der Waals surface area contributed by atoms with Gasteiger partial charge in [0.25, 0.3) is 0 Å². The second-order valence-electron chi connectivity index (χ2n) is 3.78. The zero-order valence-electron chi connectivity index (χ0n) is 7.76. The van der Waals surface area contributed by atoms with Crippen molar-refractivity contribution in [2.24, 2.45) is 5.92 Å². The molecule has 72 valence electrons. The van der Waals surface area contributed by atoms with E-state index in [9.17, 15) is 0 Å². The molecule has 0 bridgehead atoms. The Morgan fingerprint density at radius 2 is 2.00 bits per heavy atom. The minimum absolute atomic E-state index is 0.690. The van der Waals surface area contributed by atoms with Gasteiger partial charge in [-0.25, -0.2) is 0 Å². The van der Waals surface area contributed by atoms with Crippen LogP contribution in [0.25, 0.3) is 0 Å². The lowest BCUT2D eigenvalue weighted by Crippen LogP contribution is -2.13. The van der Waals surface area contributed by atoms with Gasteiger partial charge in [-0.2, -0.15) is 0 Å². The first kappa shape index (κ1) is 9.32. The van der Waals surface area contributed by atoms with Crippen LogP contribution in [-0.2, 0) is 4.74 Å². The second-order valence-corrected chi connectivity index (χ2v) is 4.70. The highest BCUT2D eigenvalue weighted by Crippen LogP contribution is 2.32. The Morgan fingerprint density at radius 3 is 2.69 bits per heavy atom. The summed E-state index contributed by atoms with van der Waals surface area (Å²) in [5, 5.41) is 0. The number of ether oxygens (including phenoxy) is 1. The minimum atomic E-state index is 0.690. The van der Waals surface area contributed by atoms with E-state index in [-0.39, 0.29) is 0 Å². The molecule has 1 saturated carbocycles. The number of hydrogen-bond acceptors (Lipinski definition) is 1. The first-order valence-corrected chi connectivity index (χ1v) is 5.85. The maximum Gasteiger partial charge on any atom is 0.107 e. The lowest BCUT2D eigenvalue weighted by Gasteiger charge is -2.25. The van der Waals surface area contributed by atoms with E-state index in [1.165, 1.54) is 42.3 Å². The van der Waals surface area contributed by atoms with Crippen molar-refractivity contribution < 1.29 is 4.74 Å². The van der Waals surface area contributed by atoms with Crippen molar-refractivity contribution in [2.75, 3.05) is 6.61 Å². The predicted molar refractivity (Wildman–Crippen MR) is 57.6 cm³/mol. The molecule has 0 spiro atoms. The summed E-state index contributed by atoms with van der Waals surface area (Å²) in [6, 6.07) is 0. The Bertz CT molecular complexity index is 236. The summed E-state index contributed by atoms with van der Waals surface area (Å²) in [7, 11) is 0. The molecule has 1 fully saturated rings. The van der Waals surface area contributed by atoms with Crippen molar-refractivity contribution >= 4 is 15.9 Å². The second kappa shape index (κ2) is 4.32. The Balaban J connectivity index is 2.02. The maximum atomic E-state index is 5.64. The molecule has 2 rings (SSSR count). The monoisotopic (exact) mass is 242 g/mol. The third-order valence-corrected chi connectivity index (χ3v) is 3.37. The number of allylic oxidation sites excluding steroid dienone is 3. The molecular formula is C11H15BrO. The summed E-state index contributed by atoms with van der Waals surface area (Å²) < 4.78 is 6.82. The normalized spacial score (nSPS) is 24.7. The highest BCUT2D eigenvalue weighted by molar-refractivity contribution is 9.11. The Kier molecular flexibility index (Phi) is 3.09. The lowest BCUT2D eigenvalue weighted by atomic mass is 9.87. The molecule has 2 heteroatoms. The highest BCUT2D eigenvalue weighted by Gasteiger charge is 2.20. The predicted octanol–water partition coefficient (Wildman–Crippen LogP) is 3.76. The summed E-state index contributed by atoms with van der Waals surface area (Å²) in [5.41, 5.74) is 0. The van der Waals surface area contributed by atoms with Gasteiger partial charge in [-0.15, -0.1) is 0 Å². The summed E-state index contributed by atoms with van der Waals surface area (Å²) in [6.45, 7) is 0.739. The minimum Gasteiger partial charge on any atom is -0.493 e. The quantitative estimate of drug-likeness (QED) is 0.681. The molecule has 0 N–H and O–H groups in total. The van der Waals surface area contributed by atoms with Crippen molar-refractivity contribution in [3.8, 4) is 0 Å². The van der Waals surface area contributed by atoms with E-state index in [0.717, 1.165) is 6.61 Å². The molecule has 1 heterocycles. The Hall–Kier alpha value is -0.240. The van der Waals surface area contributed by atoms with Gasteiger partial charge in [0.1, 0.15) is 12.4 Å². The fraction of sp³-hybridized carbons (Fsp3) is 0.636. The summed E-state index contributed by atoms with van der Waals surface area (Å²) in [6.07, 6.45) is 11.0. The molecule has 0 unspecified atom stereocenters. The molecule has 1 nitrogen and oxygen atoms in total. The molecule has 0 amide bonds. The zero-order valence-corrected chi connectivity index (χ0v) is 9.35. The van der Waals surface area contributed by atoms with Gasteiger partial charge in [0.2, 0.25) is 0 Å². The van der Waals surface area contributed by atoms with Crippen LogP contribution in [0.15, 0.2) is 22.4 Å². The van der Waals surface area contributed by atoms with Crippen LogP contribution in [0.1, 0.15) is 32.1 Å². The molecule has 0 aromatic rings. The van der Waals surface area contributed by atoms with E-state index < -0.39 is 0 Å². The fourth-order valence-electron chi connectivity index (χ4n) is 2.08. The molecule has 0 aromatic carbocycles. The Morgan fingerprint density at radius 1 is 1.23 bits per heavy atom. The highest BCUT2D eigenvalue weighted by atomic mass is 79.9. The molecule has 0 radical (unpaired) electrons. The molecule has 0 atom stereocenters. The van der Waals surface area contributed by atoms with Gasteiger partial charge in [-0.3, -0.25) is 0 Å². The van der Waals surface area contributed by atoms with Crippen LogP contribution >= 0.6 is 15.9 Å². The molecule has 13 heavy (non-hydrogen) atoms. The van der Waals surface area contributed by atoms with Gasteiger partial charge in [0.15, 0.2) is 0 Å². The third-order valence-electron chi connectivity index (χ3n) is 2.82. The van der Waals surface area contributed by atoms with Gasteiger partial charge in [-0.05, 0) is 25.0 Å². The molecule has 1 aliphatic carbocycles. The first-order chi connectivity index (χ1) is 6.36. The van der Waals surface area contributed by atoms with Crippen LogP contribution in [0.5, 0.6) is 0 Å². The van der Waals surface area contributed by atoms with Gasteiger partial charge in [0, 0.05) is 10.4 Å². The third kappa shape index (κ3) is 2.37. The van der Waals surface area contributed by atoms with Gasteiger partial charge >= 0.3 is 0 Å². The zero-order chi connectivity index (χ0) is 9.10. The standard InChI is InChI=1S/C11H15BrO/c12-10-6-7-13-11(8-10)9-4-2-1-3-5-9/h6,8-9H,1-5,7H2. The number of rotatable bonds is 1. The van der Waals surface area contributed by atoms with Crippen LogP contribution in [0, 0.1) is 5.92 Å². The molecule has 1 aliphatic heterocycles.